The number of aromatic nitrogens is 4. The van der Waals surface area contributed by atoms with E-state index in [0.717, 1.165) is 25.3 Å². The fourth-order valence-electron chi connectivity index (χ4n) is 3.68. The van der Waals surface area contributed by atoms with Crippen LogP contribution in [0.5, 0.6) is 0 Å². The third-order valence-electron chi connectivity index (χ3n) is 4.97. The van der Waals surface area contributed by atoms with E-state index in [9.17, 15) is 0 Å². The van der Waals surface area contributed by atoms with Gasteiger partial charge in [-0.05, 0) is 56.5 Å². The minimum absolute atomic E-state index is 0.466. The van der Waals surface area contributed by atoms with E-state index < -0.39 is 0 Å². The molecule has 0 bridgehead atoms. The lowest BCUT2D eigenvalue weighted by Gasteiger charge is -2.33. The summed E-state index contributed by atoms with van der Waals surface area (Å²) in [7, 11) is 0. The van der Waals surface area contributed by atoms with Crippen LogP contribution in [0, 0.1) is 13.8 Å². The molecule has 0 saturated carbocycles. The highest BCUT2D eigenvalue weighted by atomic mass is 79.9. The molecule has 130 valence electrons. The summed E-state index contributed by atoms with van der Waals surface area (Å²) in [5, 5.41) is 4.38. The minimum atomic E-state index is 0.466. The first-order valence-electron chi connectivity index (χ1n) is 8.75. The quantitative estimate of drug-likeness (QED) is 0.670. The Bertz CT molecular complexity index is 904. The minimum Gasteiger partial charge on any atom is -0.298 e. The Balaban J connectivity index is 1.56. The number of aryl methyl sites for hydroxylation is 2. The van der Waals surface area contributed by atoms with Gasteiger partial charge >= 0.3 is 0 Å². The first kappa shape index (κ1) is 16.7. The van der Waals surface area contributed by atoms with Gasteiger partial charge < -0.3 is 0 Å². The number of hydrogen-bond acceptors (Lipinski definition) is 4. The number of nitrogens with zero attached hydrogens (tertiary/aromatic N) is 5. The summed E-state index contributed by atoms with van der Waals surface area (Å²) in [4.78, 5) is 11.3. The number of benzene rings is 1. The van der Waals surface area contributed by atoms with Crippen LogP contribution >= 0.6 is 15.9 Å². The summed E-state index contributed by atoms with van der Waals surface area (Å²) >= 11 is 3.65. The van der Waals surface area contributed by atoms with E-state index >= 15 is 0 Å². The van der Waals surface area contributed by atoms with Gasteiger partial charge in [0.2, 0.25) is 0 Å². The van der Waals surface area contributed by atoms with Gasteiger partial charge in [-0.2, -0.15) is 10.1 Å². The van der Waals surface area contributed by atoms with E-state index in [0.29, 0.717) is 11.7 Å². The van der Waals surface area contributed by atoms with Crippen LogP contribution in [0.3, 0.4) is 0 Å². The fraction of sp³-hybridized carbons (Fsp3) is 0.421. The van der Waals surface area contributed by atoms with Gasteiger partial charge in [-0.25, -0.2) is 9.50 Å². The van der Waals surface area contributed by atoms with Crippen LogP contribution in [0.4, 0.5) is 0 Å². The second-order valence-electron chi connectivity index (χ2n) is 6.95. The van der Waals surface area contributed by atoms with Crippen molar-refractivity contribution in [2.75, 3.05) is 13.1 Å². The van der Waals surface area contributed by atoms with Crippen LogP contribution < -0.4 is 0 Å². The Morgan fingerprint density at radius 2 is 2.12 bits per heavy atom. The molecule has 3 heterocycles. The fourth-order valence-corrected chi connectivity index (χ4v) is 4.11. The molecular formula is C19H22BrN5. The van der Waals surface area contributed by atoms with Gasteiger partial charge in [0.1, 0.15) is 6.33 Å². The maximum atomic E-state index is 4.47. The lowest BCUT2D eigenvalue weighted by atomic mass is 9.93. The largest absolute Gasteiger partial charge is 0.298 e. The summed E-state index contributed by atoms with van der Waals surface area (Å²) in [5.74, 6) is 1.17. The lowest BCUT2D eigenvalue weighted by Crippen LogP contribution is -2.34. The third-order valence-corrected chi connectivity index (χ3v) is 5.83. The Hall–Kier alpha value is -1.79. The second kappa shape index (κ2) is 6.84. The topological polar surface area (TPSA) is 46.3 Å². The highest BCUT2D eigenvalue weighted by Crippen LogP contribution is 2.28. The van der Waals surface area contributed by atoms with Gasteiger partial charge in [0.25, 0.3) is 5.78 Å². The smallest absolute Gasteiger partial charge is 0.252 e. The van der Waals surface area contributed by atoms with Crippen molar-refractivity contribution in [2.24, 2.45) is 0 Å². The Kier molecular flexibility index (Phi) is 4.56. The van der Waals surface area contributed by atoms with E-state index in [-0.39, 0.29) is 0 Å². The molecule has 6 heteroatoms. The van der Waals surface area contributed by atoms with E-state index in [2.05, 4.69) is 67.1 Å². The van der Waals surface area contributed by atoms with Crippen LogP contribution in [0.25, 0.3) is 5.78 Å². The molecule has 3 aromatic rings. The molecule has 0 spiro atoms. The number of piperidine rings is 1. The molecule has 1 saturated heterocycles. The molecule has 1 aliphatic rings. The molecule has 1 atom stereocenters. The zero-order chi connectivity index (χ0) is 17.4. The lowest BCUT2D eigenvalue weighted by molar-refractivity contribution is 0.197. The van der Waals surface area contributed by atoms with Gasteiger partial charge in [-0.15, -0.1) is 0 Å². The van der Waals surface area contributed by atoms with Crippen molar-refractivity contribution in [1.82, 2.24) is 24.5 Å². The van der Waals surface area contributed by atoms with Crippen LogP contribution in [0.15, 0.2) is 35.1 Å². The molecule has 1 unspecified atom stereocenters. The summed E-state index contributed by atoms with van der Waals surface area (Å²) in [5.41, 5.74) is 4.88. The highest BCUT2D eigenvalue weighted by Gasteiger charge is 2.24. The molecule has 5 nitrogen and oxygen atoms in total. The zero-order valence-corrected chi connectivity index (χ0v) is 16.2. The van der Waals surface area contributed by atoms with E-state index in [1.807, 2.05) is 11.4 Å². The number of hydrogen-bond donors (Lipinski definition) is 0. The predicted molar refractivity (Wildman–Crippen MR) is 102 cm³/mol. The van der Waals surface area contributed by atoms with Gasteiger partial charge in [0.15, 0.2) is 0 Å². The SMILES string of the molecule is Cc1cc(C2CCCN(Cc3ccc(C)c(Br)c3)C2)n2ncnc2n1. The Labute approximate surface area is 156 Å². The monoisotopic (exact) mass is 399 g/mol. The molecule has 1 aromatic carbocycles. The summed E-state index contributed by atoms with van der Waals surface area (Å²) < 4.78 is 3.09. The summed E-state index contributed by atoms with van der Waals surface area (Å²) in [6, 6.07) is 8.82. The van der Waals surface area contributed by atoms with E-state index in [4.69, 9.17) is 0 Å². The summed E-state index contributed by atoms with van der Waals surface area (Å²) in [6.07, 6.45) is 3.98. The molecule has 1 fully saturated rings. The Morgan fingerprint density at radius 3 is 2.96 bits per heavy atom. The number of rotatable bonds is 3. The third kappa shape index (κ3) is 3.46. The molecule has 2 aromatic heterocycles. The molecule has 25 heavy (non-hydrogen) atoms. The van der Waals surface area contributed by atoms with Gasteiger partial charge in [-0.3, -0.25) is 4.90 Å². The first-order valence-corrected chi connectivity index (χ1v) is 9.54. The number of likely N-dealkylation sites (tertiary alicyclic amines) is 1. The van der Waals surface area contributed by atoms with Crippen LogP contribution in [0.2, 0.25) is 0 Å². The molecule has 0 amide bonds. The van der Waals surface area contributed by atoms with Crippen molar-refractivity contribution in [1.29, 1.82) is 0 Å². The average Bonchev–Trinajstić information content (AvgIpc) is 3.06. The molecule has 4 rings (SSSR count). The first-order chi connectivity index (χ1) is 12.1. The molecule has 1 aliphatic heterocycles. The van der Waals surface area contributed by atoms with Gasteiger partial charge in [0, 0.05) is 29.2 Å². The van der Waals surface area contributed by atoms with Gasteiger partial charge in [0.05, 0.1) is 5.69 Å². The van der Waals surface area contributed by atoms with Crippen molar-refractivity contribution >= 4 is 21.7 Å². The summed E-state index contributed by atoms with van der Waals surface area (Å²) in [6.45, 7) is 7.33. The highest BCUT2D eigenvalue weighted by molar-refractivity contribution is 9.10. The van der Waals surface area contributed by atoms with E-state index in [1.165, 1.54) is 34.1 Å². The zero-order valence-electron chi connectivity index (χ0n) is 14.6. The normalized spacial score (nSPS) is 18.8. The molecule has 0 aliphatic carbocycles. The number of halogens is 1. The van der Waals surface area contributed by atoms with Crippen LogP contribution in [-0.2, 0) is 6.54 Å². The van der Waals surface area contributed by atoms with Crippen molar-refractivity contribution in [2.45, 2.75) is 39.2 Å². The van der Waals surface area contributed by atoms with Crippen molar-refractivity contribution < 1.29 is 0 Å². The van der Waals surface area contributed by atoms with Crippen molar-refractivity contribution in [3.63, 3.8) is 0 Å². The standard InChI is InChI=1S/C19H22BrN5/c1-13-5-6-15(9-17(13)20)10-24-7-3-4-16(11-24)18-8-14(2)23-19-21-12-22-25(18)19/h5-6,8-9,12,16H,3-4,7,10-11H2,1-2H3. The van der Waals surface area contributed by atoms with Crippen LogP contribution in [0.1, 0.15) is 41.3 Å². The maximum absolute atomic E-state index is 4.47. The second-order valence-corrected chi connectivity index (χ2v) is 7.81. The van der Waals surface area contributed by atoms with E-state index in [1.54, 1.807) is 6.33 Å². The van der Waals surface area contributed by atoms with Gasteiger partial charge in [-0.1, -0.05) is 28.1 Å². The maximum Gasteiger partial charge on any atom is 0.252 e. The molecular weight excluding hydrogens is 378 g/mol. The molecule has 0 radical (unpaired) electrons. The average molecular weight is 400 g/mol. The predicted octanol–water partition coefficient (Wildman–Crippen LogP) is 3.88. The van der Waals surface area contributed by atoms with Crippen LogP contribution in [-0.4, -0.2) is 37.6 Å². The molecule has 0 N–H and O–H groups in total. The number of fused-ring (bicyclic) bond motifs is 1. The Morgan fingerprint density at radius 1 is 1.24 bits per heavy atom. The van der Waals surface area contributed by atoms with Crippen molar-refractivity contribution in [3.05, 3.63) is 57.6 Å². The van der Waals surface area contributed by atoms with Crippen molar-refractivity contribution in [3.8, 4) is 0 Å².